The Labute approximate surface area is 129 Å². The van der Waals surface area contributed by atoms with Crippen LogP contribution in [0.3, 0.4) is 0 Å². The van der Waals surface area contributed by atoms with Gasteiger partial charge in [-0.05, 0) is 32.5 Å². The van der Waals surface area contributed by atoms with E-state index < -0.39 is 0 Å². The Bertz CT molecular complexity index is 640. The number of rotatable bonds is 3. The van der Waals surface area contributed by atoms with Gasteiger partial charge in [-0.3, -0.25) is 0 Å². The van der Waals surface area contributed by atoms with Crippen molar-refractivity contribution >= 4 is 22.8 Å². The summed E-state index contributed by atoms with van der Waals surface area (Å²) in [5.74, 6) is 0.863. The summed E-state index contributed by atoms with van der Waals surface area (Å²) in [5.41, 5.74) is 2.90. The van der Waals surface area contributed by atoms with Gasteiger partial charge in [0.25, 0.3) is 0 Å². The van der Waals surface area contributed by atoms with Gasteiger partial charge in [0, 0.05) is 19.3 Å². The first kappa shape index (κ1) is 14.8. The smallest absolute Gasteiger partial charge is 0.160 e. The molecule has 114 valence electrons. The molecule has 2 atom stereocenters. The second-order valence-electron chi connectivity index (χ2n) is 5.81. The number of aryl methyl sites for hydroxylation is 1. The zero-order chi connectivity index (χ0) is 15.0. The van der Waals surface area contributed by atoms with Crippen molar-refractivity contribution in [1.82, 2.24) is 19.4 Å². The standard InChI is InChI=1S/C15H21ClN4O/c1-10-6-13-15(17-7-10)20(14(18-13)11(2)16)9-12-8-19(3)4-5-21-12/h6-7,11-12H,4-5,8-9H2,1-3H3. The molecular formula is C15H21ClN4O. The summed E-state index contributed by atoms with van der Waals surface area (Å²) < 4.78 is 7.98. The SMILES string of the molecule is Cc1cnc2c(c1)nc(C(C)Cl)n2CC1CN(C)CCO1. The number of imidazole rings is 1. The predicted octanol–water partition coefficient (Wildman–Crippen LogP) is 2.37. The van der Waals surface area contributed by atoms with Crippen molar-refractivity contribution in [2.45, 2.75) is 31.9 Å². The van der Waals surface area contributed by atoms with Crippen LogP contribution < -0.4 is 0 Å². The minimum absolute atomic E-state index is 0.151. The lowest BCUT2D eigenvalue weighted by atomic mass is 10.2. The van der Waals surface area contributed by atoms with Gasteiger partial charge >= 0.3 is 0 Å². The Kier molecular flexibility index (Phi) is 4.15. The van der Waals surface area contributed by atoms with Gasteiger partial charge in [-0.15, -0.1) is 11.6 Å². The molecule has 0 N–H and O–H groups in total. The number of pyridine rings is 1. The van der Waals surface area contributed by atoms with Crippen LogP contribution in [-0.4, -0.2) is 52.3 Å². The van der Waals surface area contributed by atoms with Crippen LogP contribution in [0.15, 0.2) is 12.3 Å². The highest BCUT2D eigenvalue weighted by Gasteiger charge is 2.23. The first-order valence-corrected chi connectivity index (χ1v) is 7.75. The average Bonchev–Trinajstić information content (AvgIpc) is 2.77. The van der Waals surface area contributed by atoms with Gasteiger partial charge in [-0.25, -0.2) is 9.97 Å². The maximum absolute atomic E-state index is 6.30. The Hall–Kier alpha value is -1.17. The Morgan fingerprint density at radius 2 is 2.33 bits per heavy atom. The molecule has 6 heteroatoms. The van der Waals surface area contributed by atoms with Crippen LogP contribution in [-0.2, 0) is 11.3 Å². The number of hydrogen-bond donors (Lipinski definition) is 0. The summed E-state index contributed by atoms with van der Waals surface area (Å²) in [6, 6.07) is 2.05. The first-order chi connectivity index (χ1) is 10.0. The van der Waals surface area contributed by atoms with Gasteiger partial charge in [0.15, 0.2) is 5.65 Å². The van der Waals surface area contributed by atoms with Crippen LogP contribution in [0.5, 0.6) is 0 Å². The molecule has 1 fully saturated rings. The highest BCUT2D eigenvalue weighted by atomic mass is 35.5. The second kappa shape index (κ2) is 5.91. The molecule has 0 aliphatic carbocycles. The lowest BCUT2D eigenvalue weighted by Gasteiger charge is -2.30. The van der Waals surface area contributed by atoms with Gasteiger partial charge in [-0.2, -0.15) is 0 Å². The predicted molar refractivity (Wildman–Crippen MR) is 83.8 cm³/mol. The van der Waals surface area contributed by atoms with Gasteiger partial charge in [0.05, 0.1) is 24.6 Å². The van der Waals surface area contributed by atoms with Crippen LogP contribution >= 0.6 is 11.6 Å². The zero-order valence-corrected chi connectivity index (χ0v) is 13.5. The molecule has 1 aliphatic rings. The number of hydrogen-bond acceptors (Lipinski definition) is 4. The van der Waals surface area contributed by atoms with Crippen LogP contribution in [0.25, 0.3) is 11.2 Å². The average molecular weight is 309 g/mol. The van der Waals surface area contributed by atoms with Crippen molar-refractivity contribution in [3.05, 3.63) is 23.7 Å². The van der Waals surface area contributed by atoms with Crippen LogP contribution in [0.1, 0.15) is 23.7 Å². The van der Waals surface area contributed by atoms with E-state index in [-0.39, 0.29) is 11.5 Å². The molecule has 2 aromatic heterocycles. The maximum atomic E-state index is 6.30. The summed E-state index contributed by atoms with van der Waals surface area (Å²) in [4.78, 5) is 11.5. The Balaban J connectivity index is 1.97. The molecule has 0 amide bonds. The summed E-state index contributed by atoms with van der Waals surface area (Å²) in [6.07, 6.45) is 2.02. The minimum Gasteiger partial charge on any atom is -0.374 e. The third kappa shape index (κ3) is 3.05. The molecule has 21 heavy (non-hydrogen) atoms. The van der Waals surface area contributed by atoms with Gasteiger partial charge in [0.1, 0.15) is 11.3 Å². The topological polar surface area (TPSA) is 43.2 Å². The van der Waals surface area contributed by atoms with Crippen molar-refractivity contribution in [1.29, 1.82) is 0 Å². The molecule has 0 aromatic carbocycles. The molecule has 3 heterocycles. The largest absolute Gasteiger partial charge is 0.374 e. The monoisotopic (exact) mass is 308 g/mol. The molecule has 2 aromatic rings. The van der Waals surface area contributed by atoms with Crippen LogP contribution in [0.4, 0.5) is 0 Å². The normalized spacial score (nSPS) is 21.8. The third-order valence-electron chi connectivity index (χ3n) is 3.84. The van der Waals surface area contributed by atoms with E-state index in [1.165, 1.54) is 0 Å². The van der Waals surface area contributed by atoms with Crippen molar-refractivity contribution in [2.75, 3.05) is 26.7 Å². The lowest BCUT2D eigenvalue weighted by molar-refractivity contribution is -0.0273. The fourth-order valence-electron chi connectivity index (χ4n) is 2.79. The minimum atomic E-state index is -0.152. The molecule has 1 saturated heterocycles. The summed E-state index contributed by atoms with van der Waals surface area (Å²) in [7, 11) is 2.12. The number of halogens is 1. The number of nitrogens with zero attached hydrogens (tertiary/aromatic N) is 4. The van der Waals surface area contributed by atoms with Crippen molar-refractivity contribution in [3.63, 3.8) is 0 Å². The fraction of sp³-hybridized carbons (Fsp3) is 0.600. The summed E-state index contributed by atoms with van der Waals surface area (Å²) >= 11 is 6.30. The molecule has 0 spiro atoms. The highest BCUT2D eigenvalue weighted by Crippen LogP contribution is 2.25. The second-order valence-corrected chi connectivity index (χ2v) is 6.46. The molecule has 0 bridgehead atoms. The van der Waals surface area contributed by atoms with E-state index in [2.05, 4.69) is 32.5 Å². The van der Waals surface area contributed by atoms with E-state index in [4.69, 9.17) is 16.3 Å². The third-order valence-corrected chi connectivity index (χ3v) is 4.03. The molecule has 0 saturated carbocycles. The van der Waals surface area contributed by atoms with Crippen molar-refractivity contribution in [2.24, 2.45) is 0 Å². The summed E-state index contributed by atoms with van der Waals surface area (Å²) in [5, 5.41) is -0.152. The van der Waals surface area contributed by atoms with E-state index in [1.807, 2.05) is 20.0 Å². The molecule has 3 rings (SSSR count). The van der Waals surface area contributed by atoms with E-state index >= 15 is 0 Å². The van der Waals surface area contributed by atoms with Crippen LogP contribution in [0.2, 0.25) is 0 Å². The van der Waals surface area contributed by atoms with Crippen molar-refractivity contribution < 1.29 is 4.74 Å². The van der Waals surface area contributed by atoms with Gasteiger partial charge in [0.2, 0.25) is 0 Å². The van der Waals surface area contributed by atoms with E-state index in [0.717, 1.165) is 48.8 Å². The lowest BCUT2D eigenvalue weighted by Crippen LogP contribution is -2.42. The number of ether oxygens (including phenoxy) is 1. The summed E-state index contributed by atoms with van der Waals surface area (Å²) in [6.45, 7) is 7.38. The first-order valence-electron chi connectivity index (χ1n) is 7.31. The van der Waals surface area contributed by atoms with Gasteiger partial charge < -0.3 is 14.2 Å². The Morgan fingerprint density at radius 1 is 1.52 bits per heavy atom. The molecule has 1 aliphatic heterocycles. The molecular weight excluding hydrogens is 288 g/mol. The maximum Gasteiger partial charge on any atom is 0.160 e. The van der Waals surface area contributed by atoms with E-state index in [1.54, 1.807) is 0 Å². The van der Waals surface area contributed by atoms with Gasteiger partial charge in [-0.1, -0.05) is 0 Å². The molecule has 2 unspecified atom stereocenters. The number of morpholine rings is 1. The number of alkyl halides is 1. The molecule has 0 radical (unpaired) electrons. The highest BCUT2D eigenvalue weighted by molar-refractivity contribution is 6.20. The van der Waals surface area contributed by atoms with Crippen molar-refractivity contribution in [3.8, 4) is 0 Å². The molecule has 5 nitrogen and oxygen atoms in total. The number of fused-ring (bicyclic) bond motifs is 1. The van der Waals surface area contributed by atoms with Crippen LogP contribution in [0, 0.1) is 6.92 Å². The van der Waals surface area contributed by atoms with E-state index in [9.17, 15) is 0 Å². The Morgan fingerprint density at radius 3 is 3.05 bits per heavy atom. The fourth-order valence-corrected chi connectivity index (χ4v) is 2.96. The number of likely N-dealkylation sites (N-methyl/N-ethyl adjacent to an activating group) is 1. The zero-order valence-electron chi connectivity index (χ0n) is 12.7. The quantitative estimate of drug-likeness (QED) is 0.817. The number of aromatic nitrogens is 3. The van der Waals surface area contributed by atoms with E-state index in [0.29, 0.717) is 0 Å².